The Labute approximate surface area is 150 Å². The average molecular weight is 361 g/mol. The van der Waals surface area contributed by atoms with Gasteiger partial charge in [0.05, 0.1) is 6.54 Å². The number of amides is 5. The maximum atomic E-state index is 12.4. The molecule has 1 saturated heterocycles. The Morgan fingerprint density at radius 2 is 1.81 bits per heavy atom. The number of ether oxygens (including phenoxy) is 2. The molecule has 1 atom stereocenters. The van der Waals surface area contributed by atoms with Crippen LogP contribution in [0.25, 0.3) is 0 Å². The van der Waals surface area contributed by atoms with E-state index in [-0.39, 0.29) is 25.8 Å². The van der Waals surface area contributed by atoms with Gasteiger partial charge in [0.2, 0.25) is 5.91 Å². The van der Waals surface area contributed by atoms with E-state index in [4.69, 9.17) is 9.47 Å². The van der Waals surface area contributed by atoms with Crippen LogP contribution in [0.2, 0.25) is 0 Å². The van der Waals surface area contributed by atoms with Gasteiger partial charge < -0.3 is 14.4 Å². The molecule has 9 heteroatoms. The lowest BCUT2D eigenvalue weighted by Crippen LogP contribution is -2.46. The minimum atomic E-state index is -0.982. The highest BCUT2D eigenvalue weighted by Gasteiger charge is 2.44. The largest absolute Gasteiger partial charge is 0.486 e. The molecular formula is C17H19N3O6. The summed E-state index contributed by atoms with van der Waals surface area (Å²) in [6, 6.07) is 6.46. The molecule has 0 bridgehead atoms. The molecule has 0 aliphatic carbocycles. The number of likely N-dealkylation sites (N-methyl/N-ethyl adjacent to an activating group) is 2. The predicted octanol–water partition coefficient (Wildman–Crippen LogP) is 0.0955. The number of para-hydroxylation sites is 2. The zero-order chi connectivity index (χ0) is 18.8. The van der Waals surface area contributed by atoms with Crippen molar-refractivity contribution in [3.63, 3.8) is 0 Å². The number of carbonyl (C=O) groups is 4. The minimum Gasteiger partial charge on any atom is -0.486 e. The second kappa shape index (κ2) is 7.03. The average Bonchev–Trinajstić information content (AvgIpc) is 2.84. The van der Waals surface area contributed by atoms with Crippen LogP contribution in [0.4, 0.5) is 4.79 Å². The molecular weight excluding hydrogens is 342 g/mol. The summed E-state index contributed by atoms with van der Waals surface area (Å²) in [5, 5.41) is 0. The predicted molar refractivity (Wildman–Crippen MR) is 88.5 cm³/mol. The van der Waals surface area contributed by atoms with Crippen LogP contribution in [0.3, 0.4) is 0 Å². The molecule has 0 saturated carbocycles. The molecule has 138 valence electrons. The van der Waals surface area contributed by atoms with Gasteiger partial charge in [-0.05, 0) is 19.1 Å². The van der Waals surface area contributed by atoms with Crippen molar-refractivity contribution in [3.8, 4) is 11.5 Å². The second-order valence-corrected chi connectivity index (χ2v) is 6.00. The number of carbonyl (C=O) groups excluding carboxylic acids is 4. The standard InChI is InChI=1S/C17H19N3O6/c1-3-19-15(22)16(23)20(17(19)24)9-14(21)18(2)8-11-10-25-12-6-4-5-7-13(12)26-11/h4-7,11H,3,8-10H2,1-2H3/t11-/m0/s1. The third-order valence-electron chi connectivity index (χ3n) is 4.22. The normalized spacial score (nSPS) is 19.2. The first kappa shape index (κ1) is 17.7. The zero-order valence-electron chi connectivity index (χ0n) is 14.5. The van der Waals surface area contributed by atoms with Crippen LogP contribution in [0, 0.1) is 0 Å². The van der Waals surface area contributed by atoms with E-state index < -0.39 is 30.3 Å². The van der Waals surface area contributed by atoms with Crippen molar-refractivity contribution in [2.45, 2.75) is 13.0 Å². The summed E-state index contributed by atoms with van der Waals surface area (Å²) in [5.74, 6) is -1.12. The van der Waals surface area contributed by atoms with Gasteiger partial charge in [-0.15, -0.1) is 0 Å². The lowest BCUT2D eigenvalue weighted by Gasteiger charge is -2.30. The molecule has 1 aromatic rings. The molecule has 0 N–H and O–H groups in total. The molecule has 5 amide bonds. The first-order chi connectivity index (χ1) is 12.4. The number of rotatable bonds is 5. The monoisotopic (exact) mass is 361 g/mol. The summed E-state index contributed by atoms with van der Waals surface area (Å²) >= 11 is 0. The van der Waals surface area contributed by atoms with Crippen LogP contribution < -0.4 is 9.47 Å². The lowest BCUT2D eigenvalue weighted by molar-refractivity contribution is -0.144. The molecule has 1 aromatic carbocycles. The van der Waals surface area contributed by atoms with Crippen molar-refractivity contribution >= 4 is 23.8 Å². The first-order valence-electron chi connectivity index (χ1n) is 8.22. The van der Waals surface area contributed by atoms with E-state index in [2.05, 4.69) is 0 Å². The molecule has 1 fully saturated rings. The van der Waals surface area contributed by atoms with Gasteiger partial charge in [-0.3, -0.25) is 19.3 Å². The number of hydrogen-bond donors (Lipinski definition) is 0. The van der Waals surface area contributed by atoms with Gasteiger partial charge in [0.25, 0.3) is 0 Å². The van der Waals surface area contributed by atoms with Gasteiger partial charge in [-0.2, -0.15) is 0 Å². The van der Waals surface area contributed by atoms with E-state index in [1.165, 1.54) is 11.9 Å². The third kappa shape index (κ3) is 3.19. The Morgan fingerprint density at radius 1 is 1.15 bits per heavy atom. The van der Waals surface area contributed by atoms with Crippen LogP contribution in [0.5, 0.6) is 11.5 Å². The molecule has 2 heterocycles. The number of imide groups is 2. The topological polar surface area (TPSA) is 96.5 Å². The fraction of sp³-hybridized carbons (Fsp3) is 0.412. The molecule has 2 aliphatic heterocycles. The second-order valence-electron chi connectivity index (χ2n) is 6.00. The van der Waals surface area contributed by atoms with Crippen molar-refractivity contribution in [2.75, 3.05) is 33.3 Å². The fourth-order valence-electron chi connectivity index (χ4n) is 2.78. The number of nitrogens with zero attached hydrogens (tertiary/aromatic N) is 3. The van der Waals surface area contributed by atoms with E-state index in [1.807, 2.05) is 12.1 Å². The highest BCUT2D eigenvalue weighted by atomic mass is 16.6. The molecule has 9 nitrogen and oxygen atoms in total. The van der Waals surface area contributed by atoms with Crippen LogP contribution in [-0.2, 0) is 14.4 Å². The first-order valence-corrected chi connectivity index (χ1v) is 8.22. The summed E-state index contributed by atoms with van der Waals surface area (Å²) in [5.41, 5.74) is 0. The third-order valence-corrected chi connectivity index (χ3v) is 4.22. The van der Waals surface area contributed by atoms with Crippen LogP contribution in [0.15, 0.2) is 24.3 Å². The van der Waals surface area contributed by atoms with Crippen molar-refractivity contribution in [3.05, 3.63) is 24.3 Å². The number of urea groups is 1. The van der Waals surface area contributed by atoms with Crippen LogP contribution in [-0.4, -0.2) is 77.8 Å². The molecule has 0 spiro atoms. The van der Waals surface area contributed by atoms with Crippen LogP contribution in [0.1, 0.15) is 6.92 Å². The molecule has 0 unspecified atom stereocenters. The molecule has 0 radical (unpaired) electrons. The molecule has 0 aromatic heterocycles. The summed E-state index contributed by atoms with van der Waals surface area (Å²) in [4.78, 5) is 50.8. The molecule has 3 rings (SSSR count). The van der Waals surface area contributed by atoms with Gasteiger partial charge >= 0.3 is 17.8 Å². The van der Waals surface area contributed by atoms with E-state index in [0.717, 1.165) is 4.90 Å². The highest BCUT2D eigenvalue weighted by Crippen LogP contribution is 2.30. The maximum Gasteiger partial charge on any atom is 0.334 e. The molecule has 26 heavy (non-hydrogen) atoms. The van der Waals surface area contributed by atoms with Crippen molar-refractivity contribution in [2.24, 2.45) is 0 Å². The van der Waals surface area contributed by atoms with Gasteiger partial charge in [0.15, 0.2) is 17.6 Å². The molecule has 2 aliphatic rings. The summed E-state index contributed by atoms with van der Waals surface area (Å²) in [6.07, 6.45) is -0.377. The fourth-order valence-corrected chi connectivity index (χ4v) is 2.78. The van der Waals surface area contributed by atoms with Crippen LogP contribution >= 0.6 is 0 Å². The van der Waals surface area contributed by atoms with E-state index >= 15 is 0 Å². The Hall–Kier alpha value is -3.10. The SMILES string of the molecule is CCN1C(=O)C(=O)N(CC(=O)N(C)C[C@H]2COc3ccccc3O2)C1=O. The van der Waals surface area contributed by atoms with Gasteiger partial charge in [0, 0.05) is 13.6 Å². The lowest BCUT2D eigenvalue weighted by atomic mass is 10.2. The Balaban J connectivity index is 1.58. The van der Waals surface area contributed by atoms with Gasteiger partial charge in [-0.1, -0.05) is 12.1 Å². The van der Waals surface area contributed by atoms with E-state index in [9.17, 15) is 19.2 Å². The summed E-state index contributed by atoms with van der Waals surface area (Å²) in [6.45, 7) is 1.67. The highest BCUT2D eigenvalue weighted by molar-refractivity contribution is 6.45. The van der Waals surface area contributed by atoms with Crippen molar-refractivity contribution in [1.29, 1.82) is 0 Å². The van der Waals surface area contributed by atoms with E-state index in [1.54, 1.807) is 19.1 Å². The summed E-state index contributed by atoms with van der Waals surface area (Å²) in [7, 11) is 1.54. The number of hydrogen-bond acceptors (Lipinski definition) is 6. The quantitative estimate of drug-likeness (QED) is 0.545. The smallest absolute Gasteiger partial charge is 0.334 e. The Kier molecular flexibility index (Phi) is 4.79. The zero-order valence-corrected chi connectivity index (χ0v) is 14.5. The van der Waals surface area contributed by atoms with E-state index in [0.29, 0.717) is 16.4 Å². The van der Waals surface area contributed by atoms with Gasteiger partial charge in [0.1, 0.15) is 13.2 Å². The number of fused-ring (bicyclic) bond motifs is 1. The maximum absolute atomic E-state index is 12.4. The number of benzene rings is 1. The minimum absolute atomic E-state index is 0.0800. The van der Waals surface area contributed by atoms with Crippen molar-refractivity contribution in [1.82, 2.24) is 14.7 Å². The Bertz CT molecular complexity index is 765. The van der Waals surface area contributed by atoms with Crippen molar-refractivity contribution < 1.29 is 28.7 Å². The summed E-state index contributed by atoms with van der Waals surface area (Å²) < 4.78 is 11.4. The Morgan fingerprint density at radius 3 is 2.46 bits per heavy atom. The van der Waals surface area contributed by atoms with Gasteiger partial charge in [-0.25, -0.2) is 9.69 Å².